The van der Waals surface area contributed by atoms with Crippen molar-refractivity contribution in [3.05, 3.63) is 41.1 Å². The van der Waals surface area contributed by atoms with E-state index in [0.29, 0.717) is 29.2 Å². The highest BCUT2D eigenvalue weighted by atomic mass is 19.4. The highest BCUT2D eigenvalue weighted by Gasteiger charge is 2.31. The molecule has 0 saturated carbocycles. The molecule has 0 N–H and O–H groups in total. The fraction of sp³-hybridized carbons (Fsp3) is 0.438. The Bertz CT molecular complexity index is 648. The minimum atomic E-state index is -4.39. The Morgan fingerprint density at radius 2 is 1.75 bits per heavy atom. The maximum Gasteiger partial charge on any atom is 0.416 e. The van der Waals surface area contributed by atoms with Crippen LogP contribution in [0, 0.1) is 0 Å². The van der Waals surface area contributed by atoms with Crippen LogP contribution < -0.4 is 0 Å². The van der Waals surface area contributed by atoms with Gasteiger partial charge in [-0.05, 0) is 19.1 Å². The molecule has 1 aromatic carbocycles. The first-order valence-corrected chi connectivity index (χ1v) is 7.21. The van der Waals surface area contributed by atoms with Gasteiger partial charge in [-0.1, -0.05) is 17.3 Å². The first-order chi connectivity index (χ1) is 11.4. The van der Waals surface area contributed by atoms with Gasteiger partial charge in [0.25, 0.3) is 0 Å². The zero-order chi connectivity index (χ0) is 17.7. The third-order valence-electron chi connectivity index (χ3n) is 3.39. The molecule has 0 radical (unpaired) electrons. The van der Waals surface area contributed by atoms with Gasteiger partial charge in [0.05, 0.1) is 17.7 Å². The van der Waals surface area contributed by atoms with Crippen LogP contribution in [0.4, 0.5) is 13.2 Å². The second-order valence-corrected chi connectivity index (χ2v) is 4.89. The lowest BCUT2D eigenvalue weighted by Gasteiger charge is -2.12. The zero-order valence-corrected chi connectivity index (χ0v) is 13.5. The number of alkyl halides is 3. The minimum absolute atomic E-state index is 0.176. The molecular formula is C16H18F3NO4. The average molecular weight is 345 g/mol. The van der Waals surface area contributed by atoms with Crippen LogP contribution in [0.1, 0.15) is 30.0 Å². The fourth-order valence-corrected chi connectivity index (χ4v) is 2.21. The lowest BCUT2D eigenvalue weighted by molar-refractivity contribution is -0.137. The van der Waals surface area contributed by atoms with Crippen molar-refractivity contribution in [2.45, 2.75) is 26.0 Å². The standard InChI is InChI=1S/C16H18F3NO4/c1-4-23-9-12-13(15(21-2)22-3)20-24-14(12)10-5-7-11(8-6-10)16(17,18)19/h5-8,15H,4,9H2,1-3H3. The molecule has 2 rings (SSSR count). The van der Waals surface area contributed by atoms with Crippen molar-refractivity contribution < 1.29 is 31.9 Å². The number of ether oxygens (including phenoxy) is 3. The third-order valence-corrected chi connectivity index (χ3v) is 3.39. The first kappa shape index (κ1) is 18.4. The Morgan fingerprint density at radius 1 is 1.12 bits per heavy atom. The van der Waals surface area contributed by atoms with Gasteiger partial charge in [-0.15, -0.1) is 0 Å². The molecule has 1 heterocycles. The molecule has 132 valence electrons. The van der Waals surface area contributed by atoms with Crippen LogP contribution in [0.15, 0.2) is 28.8 Å². The van der Waals surface area contributed by atoms with Gasteiger partial charge < -0.3 is 18.7 Å². The van der Waals surface area contributed by atoms with E-state index >= 15 is 0 Å². The second kappa shape index (κ2) is 7.78. The molecule has 0 saturated heterocycles. The van der Waals surface area contributed by atoms with Gasteiger partial charge in [-0.3, -0.25) is 0 Å². The molecule has 0 amide bonds. The van der Waals surface area contributed by atoms with Crippen LogP contribution in [-0.2, 0) is 27.0 Å². The fourth-order valence-electron chi connectivity index (χ4n) is 2.21. The summed E-state index contributed by atoms with van der Waals surface area (Å²) in [5.41, 5.74) is 0.695. The summed E-state index contributed by atoms with van der Waals surface area (Å²) in [5.74, 6) is 0.325. The lowest BCUT2D eigenvalue weighted by atomic mass is 10.0. The number of hydrogen-bond acceptors (Lipinski definition) is 5. The molecular weight excluding hydrogens is 327 g/mol. The summed E-state index contributed by atoms with van der Waals surface area (Å²) >= 11 is 0. The second-order valence-electron chi connectivity index (χ2n) is 4.89. The number of halogens is 3. The molecule has 0 aliphatic rings. The van der Waals surface area contributed by atoms with E-state index in [1.165, 1.54) is 26.4 Å². The summed E-state index contributed by atoms with van der Waals surface area (Å²) in [6.07, 6.45) is -5.15. The van der Waals surface area contributed by atoms with Gasteiger partial charge in [-0.25, -0.2) is 0 Å². The zero-order valence-electron chi connectivity index (χ0n) is 13.5. The van der Waals surface area contributed by atoms with Crippen LogP contribution in [0.2, 0.25) is 0 Å². The summed E-state index contributed by atoms with van der Waals surface area (Å²) in [7, 11) is 2.90. The highest BCUT2D eigenvalue weighted by Crippen LogP contribution is 2.34. The summed E-state index contributed by atoms with van der Waals surface area (Å²) in [6.45, 7) is 2.46. The van der Waals surface area contributed by atoms with E-state index in [1.807, 2.05) is 6.92 Å². The molecule has 0 unspecified atom stereocenters. The number of hydrogen-bond donors (Lipinski definition) is 0. The molecule has 5 nitrogen and oxygen atoms in total. The molecule has 0 atom stereocenters. The molecule has 0 bridgehead atoms. The Kier molecular flexibility index (Phi) is 5.98. The molecule has 0 spiro atoms. The highest BCUT2D eigenvalue weighted by molar-refractivity contribution is 5.62. The summed E-state index contributed by atoms with van der Waals surface area (Å²) in [5, 5.41) is 3.93. The van der Waals surface area contributed by atoms with Crippen molar-refractivity contribution >= 4 is 0 Å². The summed E-state index contributed by atoms with van der Waals surface area (Å²) in [6, 6.07) is 4.65. The Labute approximate surface area is 137 Å². The number of methoxy groups -OCH3 is 2. The van der Waals surface area contributed by atoms with Crippen molar-refractivity contribution in [1.29, 1.82) is 0 Å². The molecule has 0 aliphatic carbocycles. The smallest absolute Gasteiger partial charge is 0.377 e. The Balaban J connectivity index is 2.42. The maximum atomic E-state index is 12.7. The predicted molar refractivity (Wildman–Crippen MR) is 79.0 cm³/mol. The SMILES string of the molecule is CCOCc1c(C(OC)OC)noc1-c1ccc(C(F)(F)F)cc1. The summed E-state index contributed by atoms with van der Waals surface area (Å²) < 4.78 is 59.1. The van der Waals surface area contributed by atoms with Crippen LogP contribution >= 0.6 is 0 Å². The van der Waals surface area contributed by atoms with E-state index in [4.69, 9.17) is 18.7 Å². The number of nitrogens with zero attached hydrogens (tertiary/aromatic N) is 1. The Morgan fingerprint density at radius 3 is 2.25 bits per heavy atom. The topological polar surface area (TPSA) is 53.7 Å². The van der Waals surface area contributed by atoms with Crippen molar-refractivity contribution in [2.75, 3.05) is 20.8 Å². The number of rotatable bonds is 7. The molecule has 8 heteroatoms. The van der Waals surface area contributed by atoms with Crippen LogP contribution in [0.5, 0.6) is 0 Å². The average Bonchev–Trinajstić information content (AvgIpc) is 2.97. The van der Waals surface area contributed by atoms with Crippen LogP contribution in [-0.4, -0.2) is 26.0 Å². The van der Waals surface area contributed by atoms with E-state index in [-0.39, 0.29) is 6.61 Å². The van der Waals surface area contributed by atoms with Crippen molar-refractivity contribution in [3.8, 4) is 11.3 Å². The normalized spacial score (nSPS) is 12.1. The van der Waals surface area contributed by atoms with Gasteiger partial charge in [0.1, 0.15) is 5.69 Å². The predicted octanol–water partition coefficient (Wildman–Crippen LogP) is 4.19. The molecule has 24 heavy (non-hydrogen) atoms. The van der Waals surface area contributed by atoms with E-state index in [1.54, 1.807) is 0 Å². The Hall–Kier alpha value is -1.90. The number of benzene rings is 1. The van der Waals surface area contributed by atoms with E-state index < -0.39 is 18.0 Å². The van der Waals surface area contributed by atoms with Crippen molar-refractivity contribution in [1.82, 2.24) is 5.16 Å². The minimum Gasteiger partial charge on any atom is -0.377 e. The van der Waals surface area contributed by atoms with Gasteiger partial charge in [0.15, 0.2) is 5.76 Å². The van der Waals surface area contributed by atoms with E-state index in [9.17, 15) is 13.2 Å². The molecule has 0 aliphatic heterocycles. The molecule has 0 fully saturated rings. The van der Waals surface area contributed by atoms with Crippen LogP contribution in [0.3, 0.4) is 0 Å². The largest absolute Gasteiger partial charge is 0.416 e. The quantitative estimate of drug-likeness (QED) is 0.705. The summed E-state index contributed by atoms with van der Waals surface area (Å²) in [4.78, 5) is 0. The first-order valence-electron chi connectivity index (χ1n) is 7.21. The van der Waals surface area contributed by atoms with Crippen LogP contribution in [0.25, 0.3) is 11.3 Å². The van der Waals surface area contributed by atoms with Gasteiger partial charge in [0.2, 0.25) is 6.29 Å². The van der Waals surface area contributed by atoms with Gasteiger partial charge in [-0.2, -0.15) is 13.2 Å². The monoisotopic (exact) mass is 345 g/mol. The van der Waals surface area contributed by atoms with Gasteiger partial charge >= 0.3 is 6.18 Å². The lowest BCUT2D eigenvalue weighted by Crippen LogP contribution is -2.08. The number of aromatic nitrogens is 1. The molecule has 2 aromatic rings. The van der Waals surface area contributed by atoms with Gasteiger partial charge in [0, 0.05) is 26.4 Å². The molecule has 1 aromatic heterocycles. The van der Waals surface area contributed by atoms with Crippen molar-refractivity contribution in [2.24, 2.45) is 0 Å². The van der Waals surface area contributed by atoms with E-state index in [0.717, 1.165) is 12.1 Å². The third kappa shape index (κ3) is 3.95. The maximum absolute atomic E-state index is 12.7. The van der Waals surface area contributed by atoms with E-state index in [2.05, 4.69) is 5.16 Å². The van der Waals surface area contributed by atoms with Crippen molar-refractivity contribution in [3.63, 3.8) is 0 Å².